The Balaban J connectivity index is 1.82. The van der Waals surface area contributed by atoms with Gasteiger partial charge in [0, 0.05) is 24.7 Å². The Kier molecular flexibility index (Phi) is 2.68. The molecule has 1 aliphatic heterocycles. The van der Waals surface area contributed by atoms with Crippen LogP contribution in [0.4, 0.5) is 4.39 Å². The summed E-state index contributed by atoms with van der Waals surface area (Å²) in [5.74, 6) is 0.781. The van der Waals surface area contributed by atoms with Crippen molar-refractivity contribution in [1.29, 1.82) is 0 Å². The first-order chi connectivity index (χ1) is 8.33. The average molecular weight is 235 g/mol. The molecule has 0 saturated carbocycles. The molecule has 4 nitrogen and oxygen atoms in total. The van der Waals surface area contributed by atoms with Gasteiger partial charge in [0.15, 0.2) is 5.89 Å². The minimum atomic E-state index is -0.288. The van der Waals surface area contributed by atoms with Crippen molar-refractivity contribution < 1.29 is 8.81 Å². The van der Waals surface area contributed by atoms with Gasteiger partial charge in [0.1, 0.15) is 17.8 Å². The minimum absolute atomic E-state index is 0.288. The lowest BCUT2D eigenvalue weighted by Gasteiger charge is -2.19. The van der Waals surface area contributed by atoms with Gasteiger partial charge in [-0.05, 0) is 19.4 Å². The summed E-state index contributed by atoms with van der Waals surface area (Å²) < 4.78 is 18.3. The SMILES string of the molecule is Fc1c[nH]c(-c2coc(C3CCCNC3)n2)c1. The van der Waals surface area contributed by atoms with Gasteiger partial charge in [-0.15, -0.1) is 0 Å². The van der Waals surface area contributed by atoms with Crippen LogP contribution in [0.1, 0.15) is 24.7 Å². The molecule has 2 N–H and O–H groups in total. The fourth-order valence-electron chi connectivity index (χ4n) is 2.18. The monoisotopic (exact) mass is 235 g/mol. The molecule has 1 aliphatic rings. The van der Waals surface area contributed by atoms with E-state index in [4.69, 9.17) is 4.42 Å². The van der Waals surface area contributed by atoms with Gasteiger partial charge in [0.25, 0.3) is 0 Å². The van der Waals surface area contributed by atoms with Gasteiger partial charge < -0.3 is 14.7 Å². The summed E-state index contributed by atoms with van der Waals surface area (Å²) >= 11 is 0. The van der Waals surface area contributed by atoms with Crippen molar-refractivity contribution in [3.05, 3.63) is 30.2 Å². The summed E-state index contributed by atoms with van der Waals surface area (Å²) in [6.07, 6.45) is 5.12. The van der Waals surface area contributed by atoms with Crippen LogP contribution in [0.5, 0.6) is 0 Å². The molecule has 1 fully saturated rings. The summed E-state index contributed by atoms with van der Waals surface area (Å²) in [5, 5.41) is 3.32. The number of rotatable bonds is 2. The van der Waals surface area contributed by atoms with Crippen molar-refractivity contribution in [3.8, 4) is 11.4 Å². The predicted molar refractivity (Wildman–Crippen MR) is 61.1 cm³/mol. The van der Waals surface area contributed by atoms with Crippen LogP contribution < -0.4 is 5.32 Å². The first-order valence-corrected chi connectivity index (χ1v) is 5.83. The first kappa shape index (κ1) is 10.5. The van der Waals surface area contributed by atoms with Crippen molar-refractivity contribution in [1.82, 2.24) is 15.3 Å². The van der Waals surface area contributed by atoms with Crippen molar-refractivity contribution in [2.45, 2.75) is 18.8 Å². The van der Waals surface area contributed by atoms with Crippen molar-refractivity contribution in [2.75, 3.05) is 13.1 Å². The lowest BCUT2D eigenvalue weighted by Crippen LogP contribution is -2.28. The third-order valence-corrected chi connectivity index (χ3v) is 3.09. The largest absolute Gasteiger partial charge is 0.448 e. The highest BCUT2D eigenvalue weighted by atomic mass is 19.1. The highest BCUT2D eigenvalue weighted by Crippen LogP contribution is 2.25. The first-order valence-electron chi connectivity index (χ1n) is 5.83. The van der Waals surface area contributed by atoms with Crippen LogP contribution in [0, 0.1) is 5.82 Å². The number of oxazole rings is 1. The van der Waals surface area contributed by atoms with Crippen LogP contribution in [-0.4, -0.2) is 23.1 Å². The molecule has 1 atom stereocenters. The van der Waals surface area contributed by atoms with E-state index in [-0.39, 0.29) is 5.82 Å². The Morgan fingerprint density at radius 3 is 3.12 bits per heavy atom. The third kappa shape index (κ3) is 2.10. The number of aromatic nitrogens is 2. The van der Waals surface area contributed by atoms with E-state index in [0.717, 1.165) is 31.8 Å². The maximum Gasteiger partial charge on any atom is 0.199 e. The van der Waals surface area contributed by atoms with Crippen molar-refractivity contribution in [3.63, 3.8) is 0 Å². The molecule has 0 radical (unpaired) electrons. The molecule has 90 valence electrons. The summed E-state index contributed by atoms with van der Waals surface area (Å²) in [5.41, 5.74) is 1.32. The smallest absolute Gasteiger partial charge is 0.199 e. The molecule has 2 aromatic heterocycles. The Morgan fingerprint density at radius 1 is 1.47 bits per heavy atom. The Labute approximate surface area is 98.2 Å². The number of nitrogens with zero attached hydrogens (tertiary/aromatic N) is 1. The highest BCUT2D eigenvalue weighted by molar-refractivity contribution is 5.52. The number of aromatic amines is 1. The average Bonchev–Trinajstić information content (AvgIpc) is 2.98. The molecule has 1 saturated heterocycles. The second kappa shape index (κ2) is 4.33. The van der Waals surface area contributed by atoms with E-state index in [0.29, 0.717) is 17.3 Å². The lowest BCUT2D eigenvalue weighted by molar-refractivity contribution is 0.376. The minimum Gasteiger partial charge on any atom is -0.448 e. The molecule has 0 aromatic carbocycles. The molecular weight excluding hydrogens is 221 g/mol. The van der Waals surface area contributed by atoms with Gasteiger partial charge in [0.2, 0.25) is 0 Å². The molecule has 3 rings (SSSR count). The number of halogens is 1. The molecule has 0 spiro atoms. The van der Waals surface area contributed by atoms with Gasteiger partial charge >= 0.3 is 0 Å². The van der Waals surface area contributed by atoms with E-state index >= 15 is 0 Å². The van der Waals surface area contributed by atoms with E-state index < -0.39 is 0 Å². The number of hydrogen-bond acceptors (Lipinski definition) is 3. The standard InChI is InChI=1S/C12H14FN3O/c13-9-4-10(15-6-9)11-7-17-12(16-11)8-2-1-3-14-5-8/h4,6-8,14-15H,1-3,5H2. The molecule has 3 heterocycles. The number of nitrogens with one attached hydrogen (secondary N) is 2. The van der Waals surface area contributed by atoms with Crippen LogP contribution in [0.3, 0.4) is 0 Å². The quantitative estimate of drug-likeness (QED) is 0.839. The van der Waals surface area contributed by atoms with Crippen LogP contribution in [-0.2, 0) is 0 Å². The zero-order chi connectivity index (χ0) is 11.7. The van der Waals surface area contributed by atoms with Crippen LogP contribution in [0.15, 0.2) is 22.9 Å². The summed E-state index contributed by atoms with van der Waals surface area (Å²) in [6.45, 7) is 1.96. The Bertz CT molecular complexity index is 499. The van der Waals surface area contributed by atoms with E-state index in [9.17, 15) is 4.39 Å². The number of hydrogen-bond donors (Lipinski definition) is 2. The van der Waals surface area contributed by atoms with E-state index in [1.54, 1.807) is 6.26 Å². The molecule has 0 amide bonds. The van der Waals surface area contributed by atoms with Crippen molar-refractivity contribution in [2.24, 2.45) is 0 Å². The fraction of sp³-hybridized carbons (Fsp3) is 0.417. The molecule has 5 heteroatoms. The Hall–Kier alpha value is -1.62. The summed E-state index contributed by atoms with van der Waals surface area (Å²) in [6, 6.07) is 1.42. The summed E-state index contributed by atoms with van der Waals surface area (Å²) in [7, 11) is 0. The molecule has 1 unspecified atom stereocenters. The van der Waals surface area contributed by atoms with E-state index in [1.165, 1.54) is 12.3 Å². The normalized spacial score (nSPS) is 20.6. The van der Waals surface area contributed by atoms with E-state index in [2.05, 4.69) is 15.3 Å². The third-order valence-electron chi connectivity index (χ3n) is 3.09. The van der Waals surface area contributed by atoms with Crippen LogP contribution in [0.2, 0.25) is 0 Å². The van der Waals surface area contributed by atoms with Crippen molar-refractivity contribution >= 4 is 0 Å². The number of piperidine rings is 1. The maximum atomic E-state index is 12.9. The number of H-pyrrole nitrogens is 1. The zero-order valence-electron chi connectivity index (χ0n) is 9.37. The molecule has 2 aromatic rings. The predicted octanol–water partition coefficient (Wildman–Crippen LogP) is 2.28. The van der Waals surface area contributed by atoms with Gasteiger partial charge in [-0.3, -0.25) is 0 Å². The van der Waals surface area contributed by atoms with Crippen LogP contribution >= 0.6 is 0 Å². The zero-order valence-corrected chi connectivity index (χ0v) is 9.37. The van der Waals surface area contributed by atoms with Gasteiger partial charge in [0.05, 0.1) is 5.69 Å². The molecule has 17 heavy (non-hydrogen) atoms. The Morgan fingerprint density at radius 2 is 2.41 bits per heavy atom. The van der Waals surface area contributed by atoms with Gasteiger partial charge in [-0.2, -0.15) is 0 Å². The second-order valence-corrected chi connectivity index (χ2v) is 4.35. The topological polar surface area (TPSA) is 53.9 Å². The molecule has 0 bridgehead atoms. The second-order valence-electron chi connectivity index (χ2n) is 4.35. The molecule has 0 aliphatic carbocycles. The fourth-order valence-corrected chi connectivity index (χ4v) is 2.18. The maximum absolute atomic E-state index is 12.9. The van der Waals surface area contributed by atoms with Crippen LogP contribution in [0.25, 0.3) is 11.4 Å². The van der Waals surface area contributed by atoms with Gasteiger partial charge in [-0.25, -0.2) is 9.37 Å². The summed E-state index contributed by atoms with van der Waals surface area (Å²) in [4.78, 5) is 7.24. The molecular formula is C12H14FN3O. The lowest BCUT2D eigenvalue weighted by atomic mass is 10.00. The van der Waals surface area contributed by atoms with E-state index in [1.807, 2.05) is 0 Å². The van der Waals surface area contributed by atoms with Gasteiger partial charge in [-0.1, -0.05) is 0 Å². The highest BCUT2D eigenvalue weighted by Gasteiger charge is 2.20.